The normalized spacial score (nSPS) is 14.8. The van der Waals surface area contributed by atoms with E-state index in [9.17, 15) is 19.2 Å². The second kappa shape index (κ2) is 16.7. The first kappa shape index (κ1) is 32.9. The van der Waals surface area contributed by atoms with Gasteiger partial charge in [-0.05, 0) is 49.8 Å². The Morgan fingerprint density at radius 3 is 1.87 bits per heavy atom. The molecule has 3 unspecified atom stereocenters. The first-order valence-corrected chi connectivity index (χ1v) is 13.2. The second-order valence-electron chi connectivity index (χ2n) is 9.69. The van der Waals surface area contributed by atoms with Crippen molar-refractivity contribution in [1.29, 1.82) is 0 Å². The third kappa shape index (κ3) is 11.5. The molecule has 2 N–H and O–H groups in total. The molecule has 0 aliphatic rings. The van der Waals surface area contributed by atoms with Crippen LogP contribution < -0.4 is 15.2 Å². The lowest BCUT2D eigenvalue weighted by Gasteiger charge is -2.18. The molecule has 0 aromatic heterocycles. The van der Waals surface area contributed by atoms with E-state index in [1.165, 1.54) is 12.1 Å². The van der Waals surface area contributed by atoms with Crippen LogP contribution in [0.3, 0.4) is 0 Å². The fourth-order valence-corrected chi connectivity index (χ4v) is 2.81. The van der Waals surface area contributed by atoms with Gasteiger partial charge in [0.2, 0.25) is 0 Å². The van der Waals surface area contributed by atoms with E-state index in [4.69, 9.17) is 29.4 Å². The predicted molar refractivity (Wildman–Crippen MR) is 141 cm³/mol. The number of rotatable bonds is 15. The van der Waals surface area contributed by atoms with Crippen LogP contribution in [-0.4, -0.2) is 49.4 Å². The van der Waals surface area contributed by atoms with E-state index in [0.29, 0.717) is 18.4 Å². The van der Waals surface area contributed by atoms with Crippen LogP contribution >= 0.6 is 0 Å². The van der Waals surface area contributed by atoms with Crippen LogP contribution in [0.5, 0.6) is 11.5 Å². The average Bonchev–Trinajstić information content (AvgIpc) is 2.90. The molecule has 0 aliphatic heterocycles. The number of carbonyl (C=O) groups is 4. The molecule has 1 rings (SSSR count). The smallest absolute Gasteiger partial charge is 0.458 e. The van der Waals surface area contributed by atoms with Gasteiger partial charge in [-0.15, -0.1) is 0 Å². The Morgan fingerprint density at radius 1 is 0.763 bits per heavy atom. The summed E-state index contributed by atoms with van der Waals surface area (Å²) in [7, 11) is 0. The molecule has 1 aromatic rings. The van der Waals surface area contributed by atoms with Gasteiger partial charge in [0.1, 0.15) is 18.8 Å². The van der Waals surface area contributed by atoms with Crippen molar-refractivity contribution in [1.82, 2.24) is 0 Å². The van der Waals surface area contributed by atoms with Crippen molar-refractivity contribution in [2.45, 2.75) is 86.3 Å². The molecule has 5 atom stereocenters. The van der Waals surface area contributed by atoms with E-state index < -0.39 is 36.2 Å². The monoisotopic (exact) mass is 537 g/mol. The first-order valence-electron chi connectivity index (χ1n) is 13.2. The van der Waals surface area contributed by atoms with Gasteiger partial charge in [-0.25, -0.2) is 4.79 Å². The topological polar surface area (TPSA) is 140 Å². The van der Waals surface area contributed by atoms with E-state index >= 15 is 0 Å². The van der Waals surface area contributed by atoms with Crippen LogP contribution in [0.15, 0.2) is 18.2 Å². The van der Waals surface area contributed by atoms with Crippen molar-refractivity contribution >= 4 is 24.1 Å². The predicted octanol–water partition coefficient (Wildman–Crippen LogP) is 4.59. The number of hydrogen-bond donors (Lipinski definition) is 1. The quantitative estimate of drug-likeness (QED) is 0.249. The van der Waals surface area contributed by atoms with E-state index in [-0.39, 0.29) is 48.9 Å². The molecule has 0 bridgehead atoms. The summed E-state index contributed by atoms with van der Waals surface area (Å²) in [6, 6.07) is 3.62. The van der Waals surface area contributed by atoms with Crippen LogP contribution in [0.25, 0.3) is 0 Å². The molecular weight excluding hydrogens is 494 g/mol. The molecule has 0 radical (unpaired) electrons. The number of ether oxygens (including phenoxy) is 5. The van der Waals surface area contributed by atoms with Crippen LogP contribution in [-0.2, 0) is 35.0 Å². The van der Waals surface area contributed by atoms with Gasteiger partial charge in [0.25, 0.3) is 0 Å². The Hall–Kier alpha value is -3.14. The molecule has 0 heterocycles. The van der Waals surface area contributed by atoms with Gasteiger partial charge in [-0.2, -0.15) is 0 Å². The minimum Gasteiger partial charge on any atom is -0.458 e. The molecule has 0 fully saturated rings. The molecule has 0 spiro atoms. The number of hydrogen-bond acceptors (Lipinski definition) is 10. The Morgan fingerprint density at radius 2 is 1.32 bits per heavy atom. The van der Waals surface area contributed by atoms with Crippen molar-refractivity contribution in [2.24, 2.45) is 23.5 Å². The van der Waals surface area contributed by atoms with E-state index in [0.717, 1.165) is 6.42 Å². The fourth-order valence-electron chi connectivity index (χ4n) is 2.81. The Labute approximate surface area is 225 Å². The summed E-state index contributed by atoms with van der Waals surface area (Å²) < 4.78 is 26.2. The van der Waals surface area contributed by atoms with Crippen molar-refractivity contribution in [3.05, 3.63) is 23.8 Å². The van der Waals surface area contributed by atoms with Gasteiger partial charge in [0.05, 0.1) is 18.4 Å². The third-order valence-electron chi connectivity index (χ3n) is 6.15. The fraction of sp³-hybridized carbons (Fsp3) is 0.643. The zero-order chi connectivity index (χ0) is 28.8. The first-order chi connectivity index (χ1) is 17.9. The molecule has 10 nitrogen and oxygen atoms in total. The summed E-state index contributed by atoms with van der Waals surface area (Å²) in [6.45, 7) is 12.8. The lowest BCUT2D eigenvalue weighted by atomic mass is 10.1. The number of nitrogens with two attached hydrogens (primary N) is 1. The number of carbonyl (C=O) groups excluding carboxylic acids is 4. The van der Waals surface area contributed by atoms with Gasteiger partial charge in [-0.1, -0.05) is 54.0 Å². The summed E-state index contributed by atoms with van der Waals surface area (Å²) in [4.78, 5) is 48.9. The van der Waals surface area contributed by atoms with Gasteiger partial charge >= 0.3 is 24.1 Å². The molecule has 0 saturated heterocycles. The third-order valence-corrected chi connectivity index (χ3v) is 6.15. The van der Waals surface area contributed by atoms with Crippen molar-refractivity contribution in [3.8, 4) is 11.5 Å². The highest BCUT2D eigenvalue weighted by Gasteiger charge is 2.23. The number of benzene rings is 1. The maximum atomic E-state index is 12.5. The van der Waals surface area contributed by atoms with E-state index in [1.807, 2.05) is 27.7 Å². The summed E-state index contributed by atoms with van der Waals surface area (Å²) in [5.41, 5.74) is 6.62. The summed E-state index contributed by atoms with van der Waals surface area (Å²) >= 11 is 0. The SMILES string of the molecule is CCC(C)COC(=O)OC[C@H](C)OC(=O)[C@@H](N)Cc1ccc(OC(=O)C(C)CC)c(OC(=O)C(C)CC)c1. The van der Waals surface area contributed by atoms with Gasteiger partial charge in [-0.3, -0.25) is 14.4 Å². The highest BCUT2D eigenvalue weighted by molar-refractivity contribution is 5.79. The van der Waals surface area contributed by atoms with Crippen molar-refractivity contribution < 1.29 is 42.9 Å². The van der Waals surface area contributed by atoms with Gasteiger partial charge < -0.3 is 29.4 Å². The molecule has 0 aliphatic carbocycles. The van der Waals surface area contributed by atoms with Crippen molar-refractivity contribution in [3.63, 3.8) is 0 Å². The molecular formula is C28H43NO9. The minimum atomic E-state index is -1.04. The maximum Gasteiger partial charge on any atom is 0.508 e. The van der Waals surface area contributed by atoms with Gasteiger partial charge in [0.15, 0.2) is 11.5 Å². The summed E-state index contributed by atoms with van der Waals surface area (Å²) in [5, 5.41) is 0. The molecule has 10 heteroatoms. The van der Waals surface area contributed by atoms with E-state index in [2.05, 4.69) is 0 Å². The lowest BCUT2D eigenvalue weighted by Crippen LogP contribution is -2.37. The van der Waals surface area contributed by atoms with Crippen LogP contribution in [0, 0.1) is 17.8 Å². The Bertz CT molecular complexity index is 933. The highest BCUT2D eigenvalue weighted by Crippen LogP contribution is 2.31. The zero-order valence-corrected chi connectivity index (χ0v) is 23.6. The molecule has 1 aromatic carbocycles. The Balaban J connectivity index is 2.82. The Kier molecular flexibility index (Phi) is 14.4. The van der Waals surface area contributed by atoms with Gasteiger partial charge in [0, 0.05) is 0 Å². The average molecular weight is 538 g/mol. The molecule has 38 heavy (non-hydrogen) atoms. The van der Waals surface area contributed by atoms with Crippen LogP contribution in [0.4, 0.5) is 4.79 Å². The van der Waals surface area contributed by atoms with Crippen LogP contribution in [0.2, 0.25) is 0 Å². The van der Waals surface area contributed by atoms with Crippen molar-refractivity contribution in [2.75, 3.05) is 13.2 Å². The van der Waals surface area contributed by atoms with E-state index in [1.54, 1.807) is 26.8 Å². The number of esters is 3. The lowest BCUT2D eigenvalue weighted by molar-refractivity contribution is -0.152. The molecule has 214 valence electrons. The summed E-state index contributed by atoms with van der Waals surface area (Å²) in [5.74, 6) is -1.89. The standard InChI is InChI=1S/C28H43NO9/c1-8-17(4)15-34-28(33)35-16-20(7)36-27(32)22(29)13-21-11-12-23(37-25(30)18(5)9-2)24(14-21)38-26(31)19(6)10-3/h11-12,14,17-20,22H,8-10,13,15-16,29H2,1-7H3/t17?,18?,19?,20-,22-/m0/s1. The molecule has 0 amide bonds. The zero-order valence-electron chi connectivity index (χ0n) is 23.6. The second-order valence-corrected chi connectivity index (χ2v) is 9.69. The molecule has 0 saturated carbocycles. The summed E-state index contributed by atoms with van der Waals surface area (Å²) in [6.07, 6.45) is 0.544. The van der Waals surface area contributed by atoms with Crippen LogP contribution in [0.1, 0.15) is 73.3 Å². The maximum absolute atomic E-state index is 12.5. The largest absolute Gasteiger partial charge is 0.508 e. The highest BCUT2D eigenvalue weighted by atomic mass is 16.7. The minimum absolute atomic E-state index is 0.0663.